The van der Waals surface area contributed by atoms with Gasteiger partial charge in [0.2, 0.25) is 0 Å². The quantitative estimate of drug-likeness (QED) is 0.618. The summed E-state index contributed by atoms with van der Waals surface area (Å²) in [6.07, 6.45) is 0. The molecule has 0 aliphatic rings. The van der Waals surface area contributed by atoms with Crippen molar-refractivity contribution in [3.05, 3.63) is 17.5 Å². The van der Waals surface area contributed by atoms with Crippen molar-refractivity contribution in [2.75, 3.05) is 0 Å². The summed E-state index contributed by atoms with van der Waals surface area (Å²) in [6, 6.07) is 3.27. The second-order valence-corrected chi connectivity index (χ2v) is 3.28. The second kappa shape index (κ2) is 4.00. The van der Waals surface area contributed by atoms with Crippen LogP contribution in [0.4, 0.5) is 0 Å². The summed E-state index contributed by atoms with van der Waals surface area (Å²) in [5.41, 5.74) is 0. The maximum absolute atomic E-state index is 10.1. The lowest BCUT2D eigenvalue weighted by Crippen LogP contribution is -1.80. The Bertz CT molecular complexity index is 184. The lowest BCUT2D eigenvalue weighted by Gasteiger charge is -1.96. The van der Waals surface area contributed by atoms with Gasteiger partial charge in [-0.25, -0.2) is 0 Å². The van der Waals surface area contributed by atoms with Gasteiger partial charge in [-0.3, -0.25) is 4.21 Å². The van der Waals surface area contributed by atoms with Gasteiger partial charge >= 0.3 is 0 Å². The third-order valence-corrected chi connectivity index (χ3v) is 2.48. The summed E-state index contributed by atoms with van der Waals surface area (Å²) in [4.78, 5) is 0. The molecule has 0 N–H and O–H groups in total. The first-order chi connectivity index (χ1) is 3.80. The van der Waals surface area contributed by atoms with E-state index in [1.165, 1.54) is 11.3 Å². The van der Waals surface area contributed by atoms with Crippen molar-refractivity contribution in [2.45, 2.75) is 4.21 Å². The summed E-state index contributed by atoms with van der Waals surface area (Å²) in [5.74, 6) is 0. The number of halogens is 1. The van der Waals surface area contributed by atoms with Gasteiger partial charge in [0.1, 0.15) is 0 Å². The van der Waals surface area contributed by atoms with E-state index >= 15 is 0 Å². The first-order valence-corrected chi connectivity index (χ1v) is 3.89. The minimum atomic E-state index is -2.03. The SMILES string of the molecule is Cl.O=S([O-])c1cccs1. The average Bonchev–Trinajstić information content (AvgIpc) is 2.12. The van der Waals surface area contributed by atoms with Gasteiger partial charge < -0.3 is 4.55 Å². The van der Waals surface area contributed by atoms with Gasteiger partial charge in [0.05, 0.1) is 4.21 Å². The third kappa shape index (κ3) is 2.45. The molecule has 5 heteroatoms. The van der Waals surface area contributed by atoms with Gasteiger partial charge in [-0.1, -0.05) is 6.07 Å². The molecular formula is C4H4ClO2S2-. The number of thiophene rings is 1. The Morgan fingerprint density at radius 2 is 2.33 bits per heavy atom. The highest BCUT2D eigenvalue weighted by atomic mass is 35.5. The molecule has 0 aliphatic heterocycles. The highest BCUT2D eigenvalue weighted by molar-refractivity contribution is 7.81. The summed E-state index contributed by atoms with van der Waals surface area (Å²) in [6.45, 7) is 0. The monoisotopic (exact) mass is 183 g/mol. The van der Waals surface area contributed by atoms with Crippen LogP contribution in [0.1, 0.15) is 0 Å². The van der Waals surface area contributed by atoms with E-state index in [2.05, 4.69) is 0 Å². The fourth-order valence-corrected chi connectivity index (χ4v) is 1.48. The molecule has 2 nitrogen and oxygen atoms in total. The van der Waals surface area contributed by atoms with Crippen LogP contribution < -0.4 is 0 Å². The molecule has 1 unspecified atom stereocenters. The third-order valence-electron chi connectivity index (χ3n) is 0.659. The Hall–Kier alpha value is 0.1000. The summed E-state index contributed by atoms with van der Waals surface area (Å²) >= 11 is -0.811. The molecular weight excluding hydrogens is 180 g/mol. The maximum Gasteiger partial charge on any atom is 0.0771 e. The van der Waals surface area contributed by atoms with E-state index in [0.29, 0.717) is 4.21 Å². The van der Waals surface area contributed by atoms with E-state index in [1.807, 2.05) is 0 Å². The number of hydrogen-bond acceptors (Lipinski definition) is 3. The summed E-state index contributed by atoms with van der Waals surface area (Å²) < 4.78 is 20.5. The van der Waals surface area contributed by atoms with Crippen molar-refractivity contribution >= 4 is 34.8 Å². The minimum Gasteiger partial charge on any atom is -0.768 e. The van der Waals surface area contributed by atoms with Crippen LogP contribution >= 0.6 is 23.7 Å². The first-order valence-electron chi connectivity index (χ1n) is 1.93. The zero-order valence-electron chi connectivity index (χ0n) is 4.27. The lowest BCUT2D eigenvalue weighted by molar-refractivity contribution is 0.539. The first kappa shape index (κ1) is 9.10. The van der Waals surface area contributed by atoms with Gasteiger partial charge in [-0.05, 0) is 22.5 Å². The second-order valence-electron chi connectivity index (χ2n) is 1.17. The highest BCUT2D eigenvalue weighted by Gasteiger charge is 1.87. The van der Waals surface area contributed by atoms with Gasteiger partial charge in [-0.15, -0.1) is 23.7 Å². The van der Waals surface area contributed by atoms with Crippen molar-refractivity contribution in [1.82, 2.24) is 0 Å². The van der Waals surface area contributed by atoms with E-state index in [9.17, 15) is 8.76 Å². The molecule has 9 heavy (non-hydrogen) atoms. The topological polar surface area (TPSA) is 40.1 Å². The van der Waals surface area contributed by atoms with E-state index in [4.69, 9.17) is 0 Å². The van der Waals surface area contributed by atoms with Gasteiger partial charge in [-0.2, -0.15) is 0 Å². The van der Waals surface area contributed by atoms with Gasteiger partial charge in [0.25, 0.3) is 0 Å². The average molecular weight is 184 g/mol. The molecule has 1 aromatic rings. The Balaban J connectivity index is 0.000000640. The molecule has 0 radical (unpaired) electrons. The Morgan fingerprint density at radius 3 is 2.56 bits per heavy atom. The molecule has 0 saturated carbocycles. The van der Waals surface area contributed by atoms with Crippen LogP contribution in [0.5, 0.6) is 0 Å². The molecule has 1 heterocycles. The van der Waals surface area contributed by atoms with Crippen LogP contribution in [0.25, 0.3) is 0 Å². The molecule has 0 fully saturated rings. The van der Waals surface area contributed by atoms with Crippen LogP contribution in [0.3, 0.4) is 0 Å². The van der Waals surface area contributed by atoms with E-state index in [1.54, 1.807) is 17.5 Å². The molecule has 0 saturated heterocycles. The van der Waals surface area contributed by atoms with Crippen LogP contribution in [0, 0.1) is 0 Å². The largest absolute Gasteiger partial charge is 0.768 e. The highest BCUT2D eigenvalue weighted by Crippen LogP contribution is 2.10. The van der Waals surface area contributed by atoms with Gasteiger partial charge in [0.15, 0.2) is 0 Å². The van der Waals surface area contributed by atoms with Crippen LogP contribution in [-0.4, -0.2) is 8.76 Å². The van der Waals surface area contributed by atoms with Gasteiger partial charge in [0, 0.05) is 0 Å². The predicted molar refractivity (Wildman–Crippen MR) is 38.8 cm³/mol. The Morgan fingerprint density at radius 1 is 1.67 bits per heavy atom. The molecule has 0 amide bonds. The molecule has 0 aromatic carbocycles. The molecule has 0 aliphatic carbocycles. The lowest BCUT2D eigenvalue weighted by atomic mass is 10.7. The van der Waals surface area contributed by atoms with Crippen molar-refractivity contribution in [3.8, 4) is 0 Å². The van der Waals surface area contributed by atoms with E-state index < -0.39 is 11.1 Å². The fourth-order valence-electron chi connectivity index (χ4n) is 0.358. The molecule has 1 atom stereocenters. The van der Waals surface area contributed by atoms with E-state index in [-0.39, 0.29) is 12.4 Å². The maximum atomic E-state index is 10.1. The fraction of sp³-hybridized carbons (Fsp3) is 0. The molecule has 0 bridgehead atoms. The normalized spacial score (nSPS) is 12.1. The standard InChI is InChI=1S/C4H4O2S2.ClH/c5-8(6)4-2-1-3-7-4;/h1-3H,(H,5,6);1H/p-1. The van der Waals surface area contributed by atoms with Crippen LogP contribution in [-0.2, 0) is 11.1 Å². The van der Waals surface area contributed by atoms with Crippen molar-refractivity contribution in [2.24, 2.45) is 0 Å². The summed E-state index contributed by atoms with van der Waals surface area (Å²) in [7, 11) is 0. The van der Waals surface area contributed by atoms with Crippen LogP contribution in [0.15, 0.2) is 21.7 Å². The number of rotatable bonds is 1. The zero-order valence-corrected chi connectivity index (χ0v) is 6.72. The van der Waals surface area contributed by atoms with Crippen molar-refractivity contribution in [1.29, 1.82) is 0 Å². The van der Waals surface area contributed by atoms with Crippen molar-refractivity contribution < 1.29 is 8.76 Å². The minimum absolute atomic E-state index is 0. The Labute approximate surface area is 65.6 Å². The zero-order chi connectivity index (χ0) is 5.98. The van der Waals surface area contributed by atoms with E-state index in [0.717, 1.165) is 0 Å². The number of hydrogen-bond donors (Lipinski definition) is 0. The molecule has 1 aromatic heterocycles. The van der Waals surface area contributed by atoms with Crippen molar-refractivity contribution in [3.63, 3.8) is 0 Å². The predicted octanol–water partition coefficient (Wildman–Crippen LogP) is 1.41. The molecule has 1 rings (SSSR count). The van der Waals surface area contributed by atoms with Crippen LogP contribution in [0.2, 0.25) is 0 Å². The Kier molecular flexibility index (Phi) is 4.05. The summed E-state index contributed by atoms with van der Waals surface area (Å²) in [5, 5.41) is 1.73. The smallest absolute Gasteiger partial charge is 0.0771 e. The molecule has 0 spiro atoms. The molecule has 52 valence electrons.